The summed E-state index contributed by atoms with van der Waals surface area (Å²) in [7, 11) is 0. The molecule has 4 heteroatoms. The van der Waals surface area contributed by atoms with Gasteiger partial charge in [-0.15, -0.1) is 0 Å². The number of piperidine rings is 1. The Hall–Kier alpha value is -0.160. The minimum absolute atomic E-state index is 0.413. The fourth-order valence-corrected chi connectivity index (χ4v) is 2.72. The minimum atomic E-state index is 0.413. The molecule has 0 spiro atoms. The molecule has 4 nitrogen and oxygen atoms in total. The van der Waals surface area contributed by atoms with Crippen LogP contribution in [0.15, 0.2) is 0 Å². The molecule has 2 aliphatic heterocycles. The summed E-state index contributed by atoms with van der Waals surface area (Å²) >= 11 is 0. The molecule has 100 valence electrons. The van der Waals surface area contributed by atoms with Gasteiger partial charge in [-0.3, -0.25) is 0 Å². The van der Waals surface area contributed by atoms with E-state index < -0.39 is 0 Å². The lowest BCUT2D eigenvalue weighted by Gasteiger charge is -2.33. The fraction of sp³-hybridized carbons (Fsp3) is 1.00. The second kappa shape index (κ2) is 7.31. The molecule has 0 aromatic heterocycles. The summed E-state index contributed by atoms with van der Waals surface area (Å²) in [5.74, 6) is 0. The molecule has 0 aliphatic carbocycles. The Bertz CT molecular complexity index is 206. The molecule has 0 bridgehead atoms. The van der Waals surface area contributed by atoms with E-state index in [9.17, 15) is 0 Å². The number of hydrogen-bond acceptors (Lipinski definition) is 4. The van der Waals surface area contributed by atoms with Gasteiger partial charge in [0.15, 0.2) is 0 Å². The van der Waals surface area contributed by atoms with Gasteiger partial charge in [-0.05, 0) is 32.7 Å². The van der Waals surface area contributed by atoms with Crippen LogP contribution in [0.1, 0.15) is 26.2 Å². The summed E-state index contributed by atoms with van der Waals surface area (Å²) in [6.07, 6.45) is 4.52. The Morgan fingerprint density at radius 2 is 2.41 bits per heavy atom. The first-order chi connectivity index (χ1) is 8.38. The number of morpholine rings is 1. The van der Waals surface area contributed by atoms with Crippen molar-refractivity contribution in [2.75, 3.05) is 45.9 Å². The van der Waals surface area contributed by atoms with E-state index in [4.69, 9.17) is 9.47 Å². The monoisotopic (exact) mass is 242 g/mol. The average molecular weight is 242 g/mol. The van der Waals surface area contributed by atoms with Gasteiger partial charge in [0, 0.05) is 32.8 Å². The van der Waals surface area contributed by atoms with Crippen molar-refractivity contribution in [1.82, 2.24) is 10.2 Å². The van der Waals surface area contributed by atoms with E-state index in [-0.39, 0.29) is 0 Å². The van der Waals surface area contributed by atoms with Crippen molar-refractivity contribution in [2.45, 2.75) is 38.4 Å². The second-order valence-electron chi connectivity index (χ2n) is 5.01. The maximum absolute atomic E-state index is 5.72. The Labute approximate surface area is 105 Å². The summed E-state index contributed by atoms with van der Waals surface area (Å²) in [6, 6.07) is 0. The van der Waals surface area contributed by atoms with Crippen molar-refractivity contribution in [1.29, 1.82) is 0 Å². The molecule has 2 fully saturated rings. The summed E-state index contributed by atoms with van der Waals surface area (Å²) in [5, 5.41) is 3.38. The molecule has 0 saturated carbocycles. The lowest BCUT2D eigenvalue weighted by Crippen LogP contribution is -2.43. The molecular weight excluding hydrogens is 216 g/mol. The number of nitrogens with zero attached hydrogens (tertiary/aromatic N) is 1. The molecule has 0 radical (unpaired) electrons. The lowest BCUT2D eigenvalue weighted by atomic mass is 10.1. The molecule has 0 aromatic rings. The van der Waals surface area contributed by atoms with E-state index in [0.717, 1.165) is 45.8 Å². The lowest BCUT2D eigenvalue weighted by molar-refractivity contribution is -0.00988. The summed E-state index contributed by atoms with van der Waals surface area (Å²) in [4.78, 5) is 2.53. The van der Waals surface area contributed by atoms with Crippen LogP contribution in [0.5, 0.6) is 0 Å². The normalized spacial score (nSPS) is 31.6. The summed E-state index contributed by atoms with van der Waals surface area (Å²) in [6.45, 7) is 9.30. The van der Waals surface area contributed by atoms with E-state index in [2.05, 4.69) is 17.1 Å². The van der Waals surface area contributed by atoms with Gasteiger partial charge in [-0.2, -0.15) is 0 Å². The van der Waals surface area contributed by atoms with Crippen LogP contribution in [-0.4, -0.2) is 63.0 Å². The van der Waals surface area contributed by atoms with Crippen LogP contribution in [-0.2, 0) is 9.47 Å². The van der Waals surface area contributed by atoms with Crippen molar-refractivity contribution in [3.63, 3.8) is 0 Å². The van der Waals surface area contributed by atoms with Crippen LogP contribution in [0.4, 0.5) is 0 Å². The van der Waals surface area contributed by atoms with Crippen molar-refractivity contribution < 1.29 is 9.47 Å². The zero-order chi connectivity index (χ0) is 11.9. The van der Waals surface area contributed by atoms with Gasteiger partial charge in [0.25, 0.3) is 0 Å². The first-order valence-electron chi connectivity index (χ1n) is 7.04. The van der Waals surface area contributed by atoms with Gasteiger partial charge in [-0.25, -0.2) is 0 Å². The third-order valence-corrected chi connectivity index (χ3v) is 3.64. The van der Waals surface area contributed by atoms with Gasteiger partial charge < -0.3 is 19.7 Å². The number of nitrogens with one attached hydrogen (secondary N) is 1. The molecule has 2 atom stereocenters. The molecule has 2 saturated heterocycles. The van der Waals surface area contributed by atoms with Crippen molar-refractivity contribution in [3.8, 4) is 0 Å². The average Bonchev–Trinajstić information content (AvgIpc) is 2.39. The van der Waals surface area contributed by atoms with Gasteiger partial charge in [0.05, 0.1) is 18.8 Å². The van der Waals surface area contributed by atoms with Gasteiger partial charge in [-0.1, -0.05) is 0 Å². The maximum atomic E-state index is 5.72. The number of ether oxygens (including phenoxy) is 2. The third-order valence-electron chi connectivity index (χ3n) is 3.64. The smallest absolute Gasteiger partial charge is 0.0712 e. The van der Waals surface area contributed by atoms with Crippen molar-refractivity contribution in [3.05, 3.63) is 0 Å². The first-order valence-corrected chi connectivity index (χ1v) is 7.04. The molecule has 2 aliphatic rings. The highest BCUT2D eigenvalue weighted by atomic mass is 16.5. The zero-order valence-electron chi connectivity index (χ0n) is 11.0. The van der Waals surface area contributed by atoms with Crippen molar-refractivity contribution in [2.24, 2.45) is 0 Å². The third kappa shape index (κ3) is 4.54. The number of rotatable bonds is 5. The van der Waals surface area contributed by atoms with Crippen LogP contribution in [0.3, 0.4) is 0 Å². The highest BCUT2D eigenvalue weighted by Gasteiger charge is 2.21. The van der Waals surface area contributed by atoms with Crippen LogP contribution in [0.2, 0.25) is 0 Å². The van der Waals surface area contributed by atoms with E-state index in [1.54, 1.807) is 0 Å². The van der Waals surface area contributed by atoms with Crippen LogP contribution < -0.4 is 5.32 Å². The van der Waals surface area contributed by atoms with Crippen LogP contribution >= 0.6 is 0 Å². The van der Waals surface area contributed by atoms with Gasteiger partial charge in [0.2, 0.25) is 0 Å². The zero-order valence-corrected chi connectivity index (χ0v) is 11.0. The van der Waals surface area contributed by atoms with E-state index in [1.165, 1.54) is 19.4 Å². The highest BCUT2D eigenvalue weighted by Crippen LogP contribution is 2.14. The second-order valence-corrected chi connectivity index (χ2v) is 5.01. The van der Waals surface area contributed by atoms with E-state index in [1.807, 2.05) is 0 Å². The van der Waals surface area contributed by atoms with E-state index >= 15 is 0 Å². The highest BCUT2D eigenvalue weighted by molar-refractivity contribution is 4.75. The fourth-order valence-electron chi connectivity index (χ4n) is 2.72. The molecule has 17 heavy (non-hydrogen) atoms. The van der Waals surface area contributed by atoms with Gasteiger partial charge >= 0.3 is 0 Å². The molecule has 2 unspecified atom stereocenters. The standard InChI is InChI=1S/C13H26N2O2/c1-2-16-13-4-3-7-15(11-13)8-5-12-10-14-6-9-17-12/h12-14H,2-11H2,1H3. The Morgan fingerprint density at radius 3 is 3.18 bits per heavy atom. The summed E-state index contributed by atoms with van der Waals surface area (Å²) in [5.41, 5.74) is 0. The van der Waals surface area contributed by atoms with Gasteiger partial charge in [0.1, 0.15) is 0 Å². The molecule has 0 aromatic carbocycles. The Balaban J connectivity index is 1.64. The molecular formula is C13H26N2O2. The Kier molecular flexibility index (Phi) is 5.71. The molecule has 2 rings (SSSR count). The SMILES string of the molecule is CCOC1CCCN(CCC2CNCCO2)C1. The predicted octanol–water partition coefficient (Wildman–Crippen LogP) is 0.866. The van der Waals surface area contributed by atoms with Crippen LogP contribution in [0.25, 0.3) is 0 Å². The maximum Gasteiger partial charge on any atom is 0.0712 e. The minimum Gasteiger partial charge on any atom is -0.377 e. The number of hydrogen-bond donors (Lipinski definition) is 1. The number of likely N-dealkylation sites (tertiary alicyclic amines) is 1. The first kappa shape index (κ1) is 13.3. The molecule has 2 heterocycles. The summed E-state index contributed by atoms with van der Waals surface area (Å²) < 4.78 is 11.4. The molecule has 1 N–H and O–H groups in total. The van der Waals surface area contributed by atoms with Crippen molar-refractivity contribution >= 4 is 0 Å². The quantitative estimate of drug-likeness (QED) is 0.775. The Morgan fingerprint density at radius 1 is 1.47 bits per heavy atom. The van der Waals surface area contributed by atoms with Crippen LogP contribution in [0, 0.1) is 0 Å². The topological polar surface area (TPSA) is 33.7 Å². The molecule has 0 amide bonds. The predicted molar refractivity (Wildman–Crippen MR) is 68.3 cm³/mol. The largest absolute Gasteiger partial charge is 0.377 e. The van der Waals surface area contributed by atoms with E-state index in [0.29, 0.717) is 12.2 Å².